The molecule has 3 nitrogen and oxygen atoms in total. The molecule has 1 heterocycles. The highest BCUT2D eigenvalue weighted by atomic mass is 16.5. The Bertz CT molecular complexity index is 411. The normalized spacial score (nSPS) is 15.7. The molecular formula is C17H28N2O. The molecule has 2 rings (SSSR count). The molecule has 0 saturated carbocycles. The van der Waals surface area contributed by atoms with E-state index in [1.54, 1.807) is 0 Å². The van der Waals surface area contributed by atoms with Crippen LogP contribution in [0.4, 0.5) is 5.69 Å². The molecule has 0 radical (unpaired) electrons. The van der Waals surface area contributed by atoms with E-state index in [4.69, 9.17) is 4.74 Å². The Kier molecular flexibility index (Phi) is 5.72. The van der Waals surface area contributed by atoms with Gasteiger partial charge >= 0.3 is 0 Å². The quantitative estimate of drug-likeness (QED) is 0.807. The van der Waals surface area contributed by atoms with Crippen LogP contribution in [0.1, 0.15) is 32.3 Å². The molecule has 3 heteroatoms. The van der Waals surface area contributed by atoms with Gasteiger partial charge in [-0.3, -0.25) is 0 Å². The van der Waals surface area contributed by atoms with Gasteiger partial charge in [-0.25, -0.2) is 0 Å². The van der Waals surface area contributed by atoms with Crippen molar-refractivity contribution in [2.45, 2.75) is 33.6 Å². The van der Waals surface area contributed by atoms with Crippen molar-refractivity contribution in [1.29, 1.82) is 0 Å². The molecule has 0 aromatic heterocycles. The largest absolute Gasteiger partial charge is 0.494 e. The second-order valence-corrected chi connectivity index (χ2v) is 6.07. The Hall–Kier alpha value is -1.22. The van der Waals surface area contributed by atoms with Crippen molar-refractivity contribution < 1.29 is 4.74 Å². The minimum absolute atomic E-state index is 0.760. The van der Waals surface area contributed by atoms with Crippen LogP contribution in [-0.2, 0) is 0 Å². The van der Waals surface area contributed by atoms with E-state index in [2.05, 4.69) is 49.2 Å². The molecule has 1 aliphatic rings. The van der Waals surface area contributed by atoms with Gasteiger partial charge in [-0.15, -0.1) is 0 Å². The van der Waals surface area contributed by atoms with E-state index < -0.39 is 0 Å². The van der Waals surface area contributed by atoms with Gasteiger partial charge in [0.15, 0.2) is 0 Å². The lowest BCUT2D eigenvalue weighted by molar-refractivity contribution is 0.297. The molecule has 1 fully saturated rings. The fourth-order valence-corrected chi connectivity index (χ4v) is 2.66. The van der Waals surface area contributed by atoms with Gasteiger partial charge < -0.3 is 15.0 Å². The predicted molar refractivity (Wildman–Crippen MR) is 85.8 cm³/mol. The van der Waals surface area contributed by atoms with Crippen LogP contribution in [0.5, 0.6) is 5.75 Å². The molecule has 0 unspecified atom stereocenters. The van der Waals surface area contributed by atoms with Crippen LogP contribution in [0.3, 0.4) is 0 Å². The molecule has 20 heavy (non-hydrogen) atoms. The Morgan fingerprint density at radius 3 is 2.65 bits per heavy atom. The summed E-state index contributed by atoms with van der Waals surface area (Å²) in [5.41, 5.74) is 2.66. The summed E-state index contributed by atoms with van der Waals surface area (Å²) in [5, 5.41) is 3.39. The summed E-state index contributed by atoms with van der Waals surface area (Å²) >= 11 is 0. The molecule has 0 amide bonds. The van der Waals surface area contributed by atoms with Gasteiger partial charge in [0.2, 0.25) is 0 Å². The molecule has 0 atom stereocenters. The molecule has 0 bridgehead atoms. The summed E-state index contributed by atoms with van der Waals surface area (Å²) in [6, 6.07) is 6.49. The van der Waals surface area contributed by atoms with Gasteiger partial charge in [0.05, 0.1) is 6.61 Å². The number of piperazine rings is 1. The fraction of sp³-hybridized carbons (Fsp3) is 0.647. The topological polar surface area (TPSA) is 24.5 Å². The molecular weight excluding hydrogens is 248 g/mol. The second kappa shape index (κ2) is 7.53. The average Bonchev–Trinajstić information content (AvgIpc) is 2.44. The Balaban J connectivity index is 1.88. The first-order chi connectivity index (χ1) is 9.66. The lowest BCUT2D eigenvalue weighted by atomic mass is 10.1. The maximum absolute atomic E-state index is 5.85. The SMILES string of the molecule is Cc1cc(OCCCC(C)C)ccc1N1CCNCC1. The number of anilines is 1. The third-order valence-corrected chi connectivity index (χ3v) is 3.82. The number of aryl methyl sites for hydroxylation is 1. The Morgan fingerprint density at radius 2 is 2.00 bits per heavy atom. The average molecular weight is 276 g/mol. The third kappa shape index (κ3) is 4.41. The second-order valence-electron chi connectivity index (χ2n) is 6.07. The number of hydrogen-bond donors (Lipinski definition) is 1. The van der Waals surface area contributed by atoms with Crippen molar-refractivity contribution in [2.24, 2.45) is 5.92 Å². The summed E-state index contributed by atoms with van der Waals surface area (Å²) in [7, 11) is 0. The van der Waals surface area contributed by atoms with E-state index >= 15 is 0 Å². The highest BCUT2D eigenvalue weighted by molar-refractivity contribution is 5.56. The first kappa shape index (κ1) is 15.2. The highest BCUT2D eigenvalue weighted by Gasteiger charge is 2.12. The van der Waals surface area contributed by atoms with Gasteiger partial charge in [-0.2, -0.15) is 0 Å². The van der Waals surface area contributed by atoms with E-state index in [1.165, 1.54) is 17.7 Å². The van der Waals surface area contributed by atoms with Crippen LogP contribution >= 0.6 is 0 Å². The number of rotatable bonds is 6. The zero-order valence-electron chi connectivity index (χ0n) is 13.1. The van der Waals surface area contributed by atoms with Crippen molar-refractivity contribution in [3.63, 3.8) is 0 Å². The minimum atomic E-state index is 0.760. The zero-order valence-corrected chi connectivity index (χ0v) is 13.1. The van der Waals surface area contributed by atoms with E-state index in [-0.39, 0.29) is 0 Å². The minimum Gasteiger partial charge on any atom is -0.494 e. The number of nitrogens with zero attached hydrogens (tertiary/aromatic N) is 1. The van der Waals surface area contributed by atoms with E-state index in [0.717, 1.165) is 50.9 Å². The lowest BCUT2D eigenvalue weighted by Crippen LogP contribution is -2.43. The van der Waals surface area contributed by atoms with Gasteiger partial charge in [0.25, 0.3) is 0 Å². The van der Waals surface area contributed by atoms with Crippen molar-refractivity contribution in [3.8, 4) is 5.75 Å². The van der Waals surface area contributed by atoms with E-state index in [0.29, 0.717) is 0 Å². The molecule has 1 aromatic carbocycles. The molecule has 0 spiro atoms. The maximum atomic E-state index is 5.85. The molecule has 1 aromatic rings. The molecule has 1 N–H and O–H groups in total. The van der Waals surface area contributed by atoms with Crippen LogP contribution in [-0.4, -0.2) is 32.8 Å². The summed E-state index contributed by atoms with van der Waals surface area (Å²) in [6.45, 7) is 11.9. The lowest BCUT2D eigenvalue weighted by Gasteiger charge is -2.30. The monoisotopic (exact) mass is 276 g/mol. The van der Waals surface area contributed by atoms with Crippen LogP contribution in [0, 0.1) is 12.8 Å². The summed E-state index contributed by atoms with van der Waals surface area (Å²) in [5.74, 6) is 1.76. The van der Waals surface area contributed by atoms with Gasteiger partial charge in [0.1, 0.15) is 5.75 Å². The first-order valence-electron chi connectivity index (χ1n) is 7.86. The summed E-state index contributed by atoms with van der Waals surface area (Å²) < 4.78 is 5.85. The number of ether oxygens (including phenoxy) is 1. The Morgan fingerprint density at radius 1 is 1.25 bits per heavy atom. The molecule has 1 saturated heterocycles. The maximum Gasteiger partial charge on any atom is 0.119 e. The van der Waals surface area contributed by atoms with Crippen LogP contribution in [0.15, 0.2) is 18.2 Å². The van der Waals surface area contributed by atoms with Crippen molar-refractivity contribution in [3.05, 3.63) is 23.8 Å². The predicted octanol–water partition coefficient (Wildman–Crippen LogP) is 3.22. The van der Waals surface area contributed by atoms with Crippen molar-refractivity contribution in [1.82, 2.24) is 5.32 Å². The van der Waals surface area contributed by atoms with Crippen molar-refractivity contribution in [2.75, 3.05) is 37.7 Å². The van der Waals surface area contributed by atoms with Crippen molar-refractivity contribution >= 4 is 5.69 Å². The van der Waals surface area contributed by atoms with Gasteiger partial charge in [-0.1, -0.05) is 13.8 Å². The van der Waals surface area contributed by atoms with Crippen LogP contribution < -0.4 is 15.0 Å². The van der Waals surface area contributed by atoms with Crippen LogP contribution in [0.25, 0.3) is 0 Å². The first-order valence-corrected chi connectivity index (χ1v) is 7.86. The number of benzene rings is 1. The van der Waals surface area contributed by atoms with E-state index in [9.17, 15) is 0 Å². The summed E-state index contributed by atoms with van der Waals surface area (Å²) in [4.78, 5) is 2.45. The van der Waals surface area contributed by atoms with Crippen LogP contribution in [0.2, 0.25) is 0 Å². The molecule has 1 aliphatic heterocycles. The number of hydrogen-bond acceptors (Lipinski definition) is 3. The fourth-order valence-electron chi connectivity index (χ4n) is 2.66. The van der Waals surface area contributed by atoms with E-state index in [1.807, 2.05) is 0 Å². The smallest absolute Gasteiger partial charge is 0.119 e. The standard InChI is InChI=1S/C17H28N2O/c1-14(2)5-4-12-20-16-6-7-17(15(3)13-16)19-10-8-18-9-11-19/h6-7,13-14,18H,4-5,8-12H2,1-3H3. The third-order valence-electron chi connectivity index (χ3n) is 3.82. The summed E-state index contributed by atoms with van der Waals surface area (Å²) in [6.07, 6.45) is 2.37. The Labute approximate surface area is 123 Å². The molecule has 0 aliphatic carbocycles. The molecule has 112 valence electrons. The van der Waals surface area contributed by atoms with Gasteiger partial charge in [0, 0.05) is 31.9 Å². The number of nitrogens with one attached hydrogen (secondary N) is 1. The highest BCUT2D eigenvalue weighted by Crippen LogP contribution is 2.25. The van der Waals surface area contributed by atoms with Gasteiger partial charge in [-0.05, 0) is 49.4 Å². The zero-order chi connectivity index (χ0) is 14.4.